The summed E-state index contributed by atoms with van der Waals surface area (Å²) in [4.78, 5) is 2.11. The van der Waals surface area contributed by atoms with Crippen molar-refractivity contribution in [1.82, 2.24) is 10.2 Å². The summed E-state index contributed by atoms with van der Waals surface area (Å²) in [5.74, 6) is 0. The molecular weight excluding hydrogens is 232 g/mol. The third-order valence-electron chi connectivity index (χ3n) is 4.52. The van der Waals surface area contributed by atoms with Crippen LogP contribution in [0.1, 0.15) is 24.0 Å². The molecule has 1 N–H and O–H groups in total. The third-order valence-corrected chi connectivity index (χ3v) is 4.52. The first kappa shape index (κ1) is 12.5. The van der Waals surface area contributed by atoms with Gasteiger partial charge in [0.25, 0.3) is 0 Å². The van der Waals surface area contributed by atoms with E-state index in [-0.39, 0.29) is 5.41 Å². The van der Waals surface area contributed by atoms with Gasteiger partial charge < -0.3 is 10.2 Å². The summed E-state index contributed by atoms with van der Waals surface area (Å²) in [5.41, 5.74) is 5.54. The van der Waals surface area contributed by atoms with Crippen LogP contribution in [0.2, 0.25) is 0 Å². The summed E-state index contributed by atoms with van der Waals surface area (Å²) < 4.78 is 0. The minimum Gasteiger partial charge on any atom is -0.378 e. The first-order valence-electron chi connectivity index (χ1n) is 7.04. The van der Waals surface area contributed by atoms with E-state index >= 15 is 0 Å². The molecule has 1 aliphatic heterocycles. The van der Waals surface area contributed by atoms with Gasteiger partial charge in [0, 0.05) is 30.8 Å². The molecular formula is C17H22N2. The van der Waals surface area contributed by atoms with Crippen molar-refractivity contribution < 1.29 is 0 Å². The Hall–Kier alpha value is -1.54. The molecule has 0 atom stereocenters. The predicted octanol–water partition coefficient (Wildman–Crippen LogP) is 2.78. The van der Waals surface area contributed by atoms with Crippen LogP contribution in [-0.4, -0.2) is 32.1 Å². The van der Waals surface area contributed by atoms with Crippen molar-refractivity contribution in [3.8, 4) is 0 Å². The molecule has 2 nitrogen and oxygen atoms in total. The summed E-state index contributed by atoms with van der Waals surface area (Å²) in [6, 6.07) is 8.84. The average molecular weight is 254 g/mol. The van der Waals surface area contributed by atoms with Crippen molar-refractivity contribution in [2.24, 2.45) is 0 Å². The maximum atomic E-state index is 4.26. The molecule has 1 saturated heterocycles. The highest BCUT2D eigenvalue weighted by molar-refractivity contribution is 5.85. The molecule has 1 aromatic carbocycles. The van der Waals surface area contributed by atoms with Crippen LogP contribution in [0.25, 0.3) is 5.57 Å². The molecule has 2 aliphatic rings. The summed E-state index contributed by atoms with van der Waals surface area (Å²) in [6.45, 7) is 6.46. The van der Waals surface area contributed by atoms with E-state index in [4.69, 9.17) is 0 Å². The number of piperidine rings is 1. The van der Waals surface area contributed by atoms with Gasteiger partial charge in [-0.15, -0.1) is 0 Å². The third kappa shape index (κ3) is 1.91. The molecule has 1 spiro atoms. The highest BCUT2D eigenvalue weighted by Crippen LogP contribution is 2.47. The van der Waals surface area contributed by atoms with Crippen molar-refractivity contribution in [1.29, 1.82) is 0 Å². The van der Waals surface area contributed by atoms with Crippen molar-refractivity contribution in [3.05, 3.63) is 53.7 Å². The van der Waals surface area contributed by atoms with Gasteiger partial charge in [0.1, 0.15) is 0 Å². The molecule has 2 heteroatoms. The largest absolute Gasteiger partial charge is 0.378 e. The van der Waals surface area contributed by atoms with Crippen LogP contribution < -0.4 is 5.32 Å². The average Bonchev–Trinajstić information content (AvgIpc) is 2.74. The lowest BCUT2D eigenvalue weighted by atomic mass is 9.75. The molecule has 100 valence electrons. The Morgan fingerprint density at radius 3 is 2.58 bits per heavy atom. The van der Waals surface area contributed by atoms with Gasteiger partial charge in [0.05, 0.1) is 0 Å². The number of nitrogens with zero attached hydrogens (tertiary/aromatic N) is 1. The highest BCUT2D eigenvalue weighted by Gasteiger charge is 2.39. The van der Waals surface area contributed by atoms with Gasteiger partial charge in [-0.1, -0.05) is 36.9 Å². The molecule has 1 aromatic rings. The zero-order chi connectivity index (χ0) is 13.5. The Morgan fingerprint density at radius 2 is 1.89 bits per heavy atom. The minimum atomic E-state index is 0.232. The van der Waals surface area contributed by atoms with Gasteiger partial charge in [0.15, 0.2) is 0 Å². The van der Waals surface area contributed by atoms with Gasteiger partial charge in [-0.2, -0.15) is 0 Å². The van der Waals surface area contributed by atoms with E-state index in [0.717, 1.165) is 18.8 Å². The Morgan fingerprint density at radius 1 is 1.21 bits per heavy atom. The lowest BCUT2D eigenvalue weighted by Gasteiger charge is -2.33. The molecule has 3 rings (SSSR count). The fourth-order valence-corrected chi connectivity index (χ4v) is 3.35. The Kier molecular flexibility index (Phi) is 2.98. The van der Waals surface area contributed by atoms with Gasteiger partial charge in [-0.25, -0.2) is 0 Å². The van der Waals surface area contributed by atoms with E-state index in [2.05, 4.69) is 61.2 Å². The second-order valence-electron chi connectivity index (χ2n) is 5.85. The maximum absolute atomic E-state index is 4.26. The standard InChI is InChI=1S/C17H22N2/c1-13(19(2)3)15-12-17(8-10-18-11-9-17)16-7-5-4-6-14(15)16/h4-7,12,18H,1,8-11H2,2-3H3. The van der Waals surface area contributed by atoms with Gasteiger partial charge >= 0.3 is 0 Å². The maximum Gasteiger partial charge on any atom is 0.0364 e. The molecule has 0 radical (unpaired) electrons. The predicted molar refractivity (Wildman–Crippen MR) is 81.0 cm³/mol. The summed E-state index contributed by atoms with van der Waals surface area (Å²) in [7, 11) is 4.14. The Bertz CT molecular complexity index is 534. The molecule has 19 heavy (non-hydrogen) atoms. The monoisotopic (exact) mass is 254 g/mol. The number of hydrogen-bond acceptors (Lipinski definition) is 2. The van der Waals surface area contributed by atoms with E-state index in [0.29, 0.717) is 0 Å². The Balaban J connectivity index is 2.11. The quantitative estimate of drug-likeness (QED) is 0.873. The molecule has 0 amide bonds. The topological polar surface area (TPSA) is 15.3 Å². The molecule has 0 unspecified atom stereocenters. The van der Waals surface area contributed by atoms with Crippen LogP contribution in [0.3, 0.4) is 0 Å². The normalized spacial score (nSPS) is 20.0. The van der Waals surface area contributed by atoms with E-state index in [1.54, 1.807) is 0 Å². The van der Waals surface area contributed by atoms with Crippen molar-refractivity contribution in [2.45, 2.75) is 18.3 Å². The lowest BCUT2D eigenvalue weighted by molar-refractivity contribution is 0.378. The van der Waals surface area contributed by atoms with Gasteiger partial charge in [-0.3, -0.25) is 0 Å². The van der Waals surface area contributed by atoms with Crippen LogP contribution in [0.5, 0.6) is 0 Å². The number of likely N-dealkylation sites (N-methyl/N-ethyl adjacent to an activating group) is 1. The first-order chi connectivity index (χ1) is 9.14. The number of fused-ring (bicyclic) bond motifs is 2. The van der Waals surface area contributed by atoms with Crippen LogP contribution >= 0.6 is 0 Å². The van der Waals surface area contributed by atoms with Crippen molar-refractivity contribution in [3.63, 3.8) is 0 Å². The van der Waals surface area contributed by atoms with E-state index < -0.39 is 0 Å². The number of allylic oxidation sites excluding steroid dienone is 2. The number of benzene rings is 1. The fraction of sp³-hybridized carbons (Fsp3) is 0.412. The molecule has 1 heterocycles. The van der Waals surface area contributed by atoms with E-state index in [1.165, 1.54) is 29.5 Å². The van der Waals surface area contributed by atoms with Crippen molar-refractivity contribution in [2.75, 3.05) is 27.2 Å². The molecule has 1 fully saturated rings. The highest BCUT2D eigenvalue weighted by atomic mass is 15.1. The van der Waals surface area contributed by atoms with Crippen LogP contribution in [0.4, 0.5) is 0 Å². The first-order valence-corrected chi connectivity index (χ1v) is 7.04. The smallest absolute Gasteiger partial charge is 0.0364 e. The summed E-state index contributed by atoms with van der Waals surface area (Å²) in [5, 5.41) is 3.47. The molecule has 0 aromatic heterocycles. The van der Waals surface area contributed by atoms with Gasteiger partial charge in [-0.05, 0) is 37.1 Å². The second-order valence-corrected chi connectivity index (χ2v) is 5.85. The van der Waals surface area contributed by atoms with Crippen LogP contribution in [0, 0.1) is 0 Å². The summed E-state index contributed by atoms with van der Waals surface area (Å²) >= 11 is 0. The van der Waals surface area contributed by atoms with Crippen molar-refractivity contribution >= 4 is 5.57 Å². The summed E-state index contributed by atoms with van der Waals surface area (Å²) in [6.07, 6.45) is 4.85. The van der Waals surface area contributed by atoms with Crippen LogP contribution in [0.15, 0.2) is 42.6 Å². The number of hydrogen-bond donors (Lipinski definition) is 1. The van der Waals surface area contributed by atoms with Gasteiger partial charge in [0.2, 0.25) is 0 Å². The number of rotatable bonds is 2. The molecule has 1 aliphatic carbocycles. The van der Waals surface area contributed by atoms with E-state index in [1.807, 2.05) is 0 Å². The molecule has 0 bridgehead atoms. The molecule has 0 saturated carbocycles. The zero-order valence-electron chi connectivity index (χ0n) is 11.9. The SMILES string of the molecule is C=C(C1=CC2(CCNCC2)c2ccccc21)N(C)C. The minimum absolute atomic E-state index is 0.232. The van der Waals surface area contributed by atoms with E-state index in [9.17, 15) is 0 Å². The zero-order valence-corrected chi connectivity index (χ0v) is 11.9. The van der Waals surface area contributed by atoms with Crippen LogP contribution in [-0.2, 0) is 5.41 Å². The number of nitrogens with one attached hydrogen (secondary N) is 1. The fourth-order valence-electron chi connectivity index (χ4n) is 3.35. The second kappa shape index (κ2) is 4.53. The Labute approximate surface area is 115 Å². The lowest BCUT2D eigenvalue weighted by Crippen LogP contribution is -2.37.